The van der Waals surface area contributed by atoms with E-state index in [1.54, 1.807) is 5.38 Å². The topological polar surface area (TPSA) is 91.7 Å². The Kier molecular flexibility index (Phi) is 5.47. The molecule has 0 unspecified atom stereocenters. The van der Waals surface area contributed by atoms with Crippen molar-refractivity contribution in [2.45, 2.75) is 4.90 Å². The summed E-state index contributed by atoms with van der Waals surface area (Å²) in [5.74, 6) is -0.133. The van der Waals surface area contributed by atoms with Crippen molar-refractivity contribution in [1.29, 1.82) is 0 Å². The van der Waals surface area contributed by atoms with Crippen molar-refractivity contribution in [3.8, 4) is 5.75 Å². The fourth-order valence-electron chi connectivity index (χ4n) is 1.99. The predicted octanol–water partition coefficient (Wildman–Crippen LogP) is 4.71. The van der Waals surface area contributed by atoms with Crippen LogP contribution < -0.4 is 4.72 Å². The normalized spacial score (nSPS) is 11.8. The minimum Gasteiger partial charge on any atom is -0.506 e. The fraction of sp³-hybridized carbons (Fsp3) is 0. The third kappa shape index (κ3) is 4.34. The third-order valence-electron chi connectivity index (χ3n) is 3.21. The monoisotopic (exact) mass is 427 g/mol. The van der Waals surface area contributed by atoms with E-state index in [2.05, 4.69) is 14.7 Å². The molecule has 0 atom stereocenters. The Morgan fingerprint density at radius 2 is 1.92 bits per heavy atom. The summed E-state index contributed by atoms with van der Waals surface area (Å²) in [7, 11) is -3.71. The second-order valence-electron chi connectivity index (χ2n) is 5.02. The number of thiazole rings is 1. The highest BCUT2D eigenvalue weighted by Gasteiger charge is 2.15. The molecule has 0 amide bonds. The van der Waals surface area contributed by atoms with Gasteiger partial charge in [-0.3, -0.25) is 9.71 Å². The largest absolute Gasteiger partial charge is 0.506 e. The number of anilines is 1. The highest BCUT2D eigenvalue weighted by molar-refractivity contribution is 7.93. The van der Waals surface area contributed by atoms with Crippen LogP contribution in [0.5, 0.6) is 5.75 Å². The molecule has 0 saturated heterocycles. The van der Waals surface area contributed by atoms with Gasteiger partial charge in [0.15, 0.2) is 5.13 Å². The van der Waals surface area contributed by atoms with E-state index in [4.69, 9.17) is 23.2 Å². The van der Waals surface area contributed by atoms with Gasteiger partial charge in [-0.05, 0) is 36.4 Å². The lowest BCUT2D eigenvalue weighted by atomic mass is 10.2. The number of phenols is 1. The summed E-state index contributed by atoms with van der Waals surface area (Å²) in [4.78, 5) is 8.16. The van der Waals surface area contributed by atoms with Crippen LogP contribution in [-0.2, 0) is 10.0 Å². The number of aliphatic imine (C=N–C) groups is 1. The van der Waals surface area contributed by atoms with Crippen molar-refractivity contribution >= 4 is 61.6 Å². The van der Waals surface area contributed by atoms with E-state index in [1.807, 2.05) is 0 Å². The number of phenolic OH excluding ortho intramolecular Hbond substituents is 1. The van der Waals surface area contributed by atoms with Crippen LogP contribution in [0, 0.1) is 0 Å². The van der Waals surface area contributed by atoms with Crippen LogP contribution >= 0.6 is 34.5 Å². The third-order valence-corrected chi connectivity index (χ3v) is 5.89. The first-order chi connectivity index (χ1) is 12.3. The van der Waals surface area contributed by atoms with E-state index in [0.29, 0.717) is 21.4 Å². The number of benzene rings is 2. The van der Waals surface area contributed by atoms with Crippen molar-refractivity contribution in [2.24, 2.45) is 4.99 Å². The Morgan fingerprint density at radius 1 is 1.19 bits per heavy atom. The summed E-state index contributed by atoms with van der Waals surface area (Å²) < 4.78 is 26.9. The van der Waals surface area contributed by atoms with Crippen LogP contribution in [-0.4, -0.2) is 24.7 Å². The Hall–Kier alpha value is -2.13. The van der Waals surface area contributed by atoms with Crippen LogP contribution in [0.4, 0.5) is 10.8 Å². The van der Waals surface area contributed by atoms with E-state index in [9.17, 15) is 13.5 Å². The molecule has 0 bridgehead atoms. The van der Waals surface area contributed by atoms with Crippen molar-refractivity contribution in [3.05, 3.63) is 63.6 Å². The van der Waals surface area contributed by atoms with E-state index in [-0.39, 0.29) is 15.7 Å². The zero-order valence-corrected chi connectivity index (χ0v) is 16.1. The van der Waals surface area contributed by atoms with E-state index < -0.39 is 10.0 Å². The number of hydrogen-bond acceptors (Lipinski definition) is 6. The van der Waals surface area contributed by atoms with Crippen molar-refractivity contribution in [1.82, 2.24) is 4.98 Å². The molecule has 10 heteroatoms. The maximum atomic E-state index is 12.3. The van der Waals surface area contributed by atoms with Gasteiger partial charge in [-0.25, -0.2) is 13.4 Å². The number of rotatable bonds is 5. The SMILES string of the molecule is O=S(=O)(Nc1nccs1)c1ccc(N=Cc2cc(Cl)cc(Cl)c2O)cc1. The summed E-state index contributed by atoms with van der Waals surface area (Å²) in [5, 5.41) is 12.3. The molecule has 2 N–H and O–H groups in total. The lowest BCUT2D eigenvalue weighted by Gasteiger charge is -2.05. The van der Waals surface area contributed by atoms with Crippen LogP contribution in [0.2, 0.25) is 10.0 Å². The zero-order valence-electron chi connectivity index (χ0n) is 12.9. The van der Waals surface area contributed by atoms with Crippen LogP contribution in [0.1, 0.15) is 5.56 Å². The molecule has 0 fully saturated rings. The molecule has 3 rings (SSSR count). The predicted molar refractivity (Wildman–Crippen MR) is 105 cm³/mol. The maximum Gasteiger partial charge on any atom is 0.263 e. The second-order valence-corrected chi connectivity index (χ2v) is 8.44. The van der Waals surface area contributed by atoms with Gasteiger partial charge in [-0.15, -0.1) is 11.3 Å². The minimum atomic E-state index is -3.71. The van der Waals surface area contributed by atoms with Gasteiger partial charge in [0.05, 0.1) is 15.6 Å². The summed E-state index contributed by atoms with van der Waals surface area (Å²) in [6, 6.07) is 8.86. The van der Waals surface area contributed by atoms with E-state index >= 15 is 0 Å². The Balaban J connectivity index is 1.80. The van der Waals surface area contributed by atoms with Gasteiger partial charge in [0, 0.05) is 28.4 Å². The summed E-state index contributed by atoms with van der Waals surface area (Å²) >= 11 is 12.9. The van der Waals surface area contributed by atoms with Gasteiger partial charge in [-0.1, -0.05) is 23.2 Å². The lowest BCUT2D eigenvalue weighted by molar-refractivity contribution is 0.475. The molecule has 26 heavy (non-hydrogen) atoms. The molecule has 0 spiro atoms. The van der Waals surface area contributed by atoms with Crippen LogP contribution in [0.3, 0.4) is 0 Å². The molecule has 0 radical (unpaired) electrons. The molecular formula is C16H11Cl2N3O3S2. The molecule has 0 saturated carbocycles. The van der Waals surface area contributed by atoms with Crippen molar-refractivity contribution in [2.75, 3.05) is 4.72 Å². The van der Waals surface area contributed by atoms with Crippen molar-refractivity contribution in [3.63, 3.8) is 0 Å². The zero-order chi connectivity index (χ0) is 18.7. The molecule has 134 valence electrons. The lowest BCUT2D eigenvalue weighted by Crippen LogP contribution is -2.12. The number of halogens is 2. The standard InChI is InChI=1S/C16H11Cl2N3O3S2/c17-11-7-10(15(22)14(18)8-11)9-20-12-1-3-13(4-2-12)26(23,24)21-16-19-5-6-25-16/h1-9,22H,(H,19,21). The molecule has 6 nitrogen and oxygen atoms in total. The minimum absolute atomic E-state index is 0.0836. The molecular weight excluding hydrogens is 417 g/mol. The Labute approximate surface area is 163 Å². The molecule has 1 heterocycles. The molecule has 0 aliphatic heterocycles. The number of nitrogens with zero attached hydrogens (tertiary/aromatic N) is 2. The molecule has 0 aliphatic carbocycles. The summed E-state index contributed by atoms with van der Waals surface area (Å²) in [6.07, 6.45) is 2.91. The smallest absolute Gasteiger partial charge is 0.263 e. The molecule has 2 aromatic carbocycles. The average Bonchev–Trinajstić information content (AvgIpc) is 3.09. The number of hydrogen-bond donors (Lipinski definition) is 2. The molecule has 3 aromatic rings. The summed E-state index contributed by atoms with van der Waals surface area (Å²) in [5.41, 5.74) is 0.846. The number of aromatic hydroxyl groups is 1. The van der Waals surface area contributed by atoms with Gasteiger partial charge in [0.1, 0.15) is 5.75 Å². The molecule has 0 aliphatic rings. The van der Waals surface area contributed by atoms with Gasteiger partial charge >= 0.3 is 0 Å². The van der Waals surface area contributed by atoms with E-state index in [0.717, 1.165) is 0 Å². The second kappa shape index (κ2) is 7.63. The maximum absolute atomic E-state index is 12.3. The number of nitrogens with one attached hydrogen (secondary N) is 1. The molecule has 1 aromatic heterocycles. The number of aromatic nitrogens is 1. The fourth-order valence-corrected chi connectivity index (χ4v) is 4.29. The highest BCUT2D eigenvalue weighted by atomic mass is 35.5. The Bertz CT molecular complexity index is 1050. The average molecular weight is 428 g/mol. The van der Waals surface area contributed by atoms with Crippen LogP contribution in [0.25, 0.3) is 0 Å². The first-order valence-corrected chi connectivity index (χ1v) is 10.2. The summed E-state index contributed by atoms with van der Waals surface area (Å²) in [6.45, 7) is 0. The van der Waals surface area contributed by atoms with Gasteiger partial charge in [-0.2, -0.15) is 0 Å². The van der Waals surface area contributed by atoms with Crippen molar-refractivity contribution < 1.29 is 13.5 Å². The van der Waals surface area contributed by atoms with Gasteiger partial charge < -0.3 is 5.11 Å². The van der Waals surface area contributed by atoms with Gasteiger partial charge in [0.25, 0.3) is 10.0 Å². The quantitative estimate of drug-likeness (QED) is 0.576. The highest BCUT2D eigenvalue weighted by Crippen LogP contribution is 2.30. The first-order valence-electron chi connectivity index (χ1n) is 7.09. The Morgan fingerprint density at radius 3 is 2.58 bits per heavy atom. The van der Waals surface area contributed by atoms with Gasteiger partial charge in [0.2, 0.25) is 0 Å². The first kappa shape index (κ1) is 18.7. The van der Waals surface area contributed by atoms with E-state index in [1.165, 1.54) is 60.1 Å². The number of sulfonamides is 1. The van der Waals surface area contributed by atoms with Crippen LogP contribution in [0.15, 0.2) is 57.9 Å².